The van der Waals surface area contributed by atoms with Crippen LogP contribution in [0.25, 0.3) is 0 Å². The summed E-state index contributed by atoms with van der Waals surface area (Å²) in [4.78, 5) is 11.0. The van der Waals surface area contributed by atoms with Crippen molar-refractivity contribution in [1.82, 2.24) is 0 Å². The van der Waals surface area contributed by atoms with Gasteiger partial charge in [0.25, 0.3) is 0 Å². The van der Waals surface area contributed by atoms with Crippen molar-refractivity contribution < 1.29 is 9.53 Å². The van der Waals surface area contributed by atoms with Gasteiger partial charge in [-0.1, -0.05) is 35.3 Å². The van der Waals surface area contributed by atoms with Crippen molar-refractivity contribution in [3.63, 3.8) is 0 Å². The molecule has 2 N–H and O–H groups in total. The maximum absolute atomic E-state index is 11.0. The summed E-state index contributed by atoms with van der Waals surface area (Å²) in [5.41, 5.74) is 6.42. The minimum absolute atomic E-state index is 0.290. The SMILES string of the molecule is NC(=O)c1cccc(OCc2ccc(Cl)cc2Cl)c1. The molecule has 0 aromatic heterocycles. The third-order valence-electron chi connectivity index (χ3n) is 2.53. The average Bonchev–Trinajstić information content (AvgIpc) is 2.38. The van der Waals surface area contributed by atoms with Gasteiger partial charge in [-0.25, -0.2) is 0 Å². The van der Waals surface area contributed by atoms with Crippen LogP contribution in [0.5, 0.6) is 5.75 Å². The zero-order chi connectivity index (χ0) is 13.8. The Hall–Kier alpha value is -1.71. The van der Waals surface area contributed by atoms with E-state index >= 15 is 0 Å². The van der Waals surface area contributed by atoms with Gasteiger partial charge in [0, 0.05) is 21.2 Å². The highest BCUT2D eigenvalue weighted by Crippen LogP contribution is 2.23. The molecule has 3 nitrogen and oxygen atoms in total. The Morgan fingerprint density at radius 2 is 1.95 bits per heavy atom. The van der Waals surface area contributed by atoms with Gasteiger partial charge in [0.1, 0.15) is 12.4 Å². The second-order valence-electron chi connectivity index (χ2n) is 3.92. The molecule has 1 amide bonds. The number of amides is 1. The van der Waals surface area contributed by atoms with Gasteiger partial charge in [0.2, 0.25) is 5.91 Å². The molecule has 0 heterocycles. The Balaban J connectivity index is 2.10. The number of hydrogen-bond acceptors (Lipinski definition) is 2. The minimum atomic E-state index is -0.491. The quantitative estimate of drug-likeness (QED) is 0.935. The van der Waals surface area contributed by atoms with Gasteiger partial charge in [-0.15, -0.1) is 0 Å². The highest BCUT2D eigenvalue weighted by atomic mass is 35.5. The van der Waals surface area contributed by atoms with Gasteiger partial charge in [-0.05, 0) is 30.3 Å². The largest absolute Gasteiger partial charge is 0.489 e. The predicted octanol–water partition coefficient (Wildman–Crippen LogP) is 3.67. The normalized spacial score (nSPS) is 10.2. The van der Waals surface area contributed by atoms with Crippen molar-refractivity contribution in [1.29, 1.82) is 0 Å². The molecular formula is C14H11Cl2NO2. The van der Waals surface area contributed by atoms with Crippen LogP contribution in [0.4, 0.5) is 0 Å². The van der Waals surface area contributed by atoms with E-state index in [9.17, 15) is 4.79 Å². The number of rotatable bonds is 4. The number of nitrogens with two attached hydrogens (primary N) is 1. The van der Waals surface area contributed by atoms with E-state index in [1.54, 1.807) is 42.5 Å². The standard InChI is InChI=1S/C14H11Cl2NO2/c15-11-5-4-10(13(16)7-11)8-19-12-3-1-2-9(6-12)14(17)18/h1-7H,8H2,(H2,17,18). The van der Waals surface area contributed by atoms with Gasteiger partial charge >= 0.3 is 0 Å². The molecule has 0 aliphatic rings. The van der Waals surface area contributed by atoms with E-state index in [4.69, 9.17) is 33.7 Å². The average molecular weight is 296 g/mol. The third-order valence-corrected chi connectivity index (χ3v) is 3.11. The second kappa shape index (κ2) is 5.95. The van der Waals surface area contributed by atoms with E-state index in [2.05, 4.69) is 0 Å². The molecule has 0 atom stereocenters. The molecule has 0 spiro atoms. The molecule has 0 aliphatic carbocycles. The van der Waals surface area contributed by atoms with Gasteiger partial charge in [0.05, 0.1) is 0 Å². The Bertz CT molecular complexity index is 614. The number of hydrogen-bond donors (Lipinski definition) is 1. The fourth-order valence-electron chi connectivity index (χ4n) is 1.54. The fourth-order valence-corrected chi connectivity index (χ4v) is 2.00. The zero-order valence-electron chi connectivity index (χ0n) is 9.90. The molecule has 2 aromatic carbocycles. The van der Waals surface area contributed by atoms with Crippen LogP contribution < -0.4 is 10.5 Å². The zero-order valence-corrected chi connectivity index (χ0v) is 11.4. The summed E-state index contributed by atoms with van der Waals surface area (Å²) in [5.74, 6) is 0.0669. The maximum Gasteiger partial charge on any atom is 0.248 e. The van der Waals surface area contributed by atoms with E-state index in [-0.39, 0.29) is 6.61 Å². The monoisotopic (exact) mass is 295 g/mol. The summed E-state index contributed by atoms with van der Waals surface area (Å²) < 4.78 is 5.57. The molecule has 19 heavy (non-hydrogen) atoms. The first kappa shape index (κ1) is 13.7. The molecule has 2 rings (SSSR count). The highest BCUT2D eigenvalue weighted by Gasteiger charge is 2.05. The first-order valence-corrected chi connectivity index (χ1v) is 6.28. The van der Waals surface area contributed by atoms with Crippen molar-refractivity contribution in [3.05, 3.63) is 63.6 Å². The highest BCUT2D eigenvalue weighted by molar-refractivity contribution is 6.35. The van der Waals surface area contributed by atoms with Crippen LogP contribution in [0.1, 0.15) is 15.9 Å². The summed E-state index contributed by atoms with van der Waals surface area (Å²) in [6.07, 6.45) is 0. The van der Waals surface area contributed by atoms with Crippen LogP contribution in [0, 0.1) is 0 Å². The first-order valence-electron chi connectivity index (χ1n) is 5.53. The number of carbonyl (C=O) groups excluding carboxylic acids is 1. The summed E-state index contributed by atoms with van der Waals surface area (Å²) in [6.45, 7) is 0.290. The minimum Gasteiger partial charge on any atom is -0.489 e. The lowest BCUT2D eigenvalue weighted by Crippen LogP contribution is -2.10. The van der Waals surface area contributed by atoms with Gasteiger partial charge in [0.15, 0.2) is 0 Å². The van der Waals surface area contributed by atoms with Crippen LogP contribution in [0.3, 0.4) is 0 Å². The maximum atomic E-state index is 11.0. The predicted molar refractivity (Wildman–Crippen MR) is 75.8 cm³/mol. The van der Waals surface area contributed by atoms with Gasteiger partial charge in [-0.2, -0.15) is 0 Å². The van der Waals surface area contributed by atoms with Crippen LogP contribution >= 0.6 is 23.2 Å². The smallest absolute Gasteiger partial charge is 0.248 e. The van der Waals surface area contributed by atoms with Crippen molar-refractivity contribution in [2.45, 2.75) is 6.61 Å². The molecule has 0 radical (unpaired) electrons. The number of carbonyl (C=O) groups is 1. The molecule has 0 bridgehead atoms. The van der Waals surface area contributed by atoms with E-state index in [0.717, 1.165) is 5.56 Å². The van der Waals surface area contributed by atoms with Gasteiger partial charge in [-0.3, -0.25) is 4.79 Å². The molecule has 0 unspecified atom stereocenters. The topological polar surface area (TPSA) is 52.3 Å². The summed E-state index contributed by atoms with van der Waals surface area (Å²) in [7, 11) is 0. The Kier molecular flexibility index (Phi) is 4.30. The van der Waals surface area contributed by atoms with E-state index in [1.807, 2.05) is 0 Å². The van der Waals surface area contributed by atoms with Crippen molar-refractivity contribution >= 4 is 29.1 Å². The summed E-state index contributed by atoms with van der Waals surface area (Å²) in [6, 6.07) is 11.9. The van der Waals surface area contributed by atoms with Crippen LogP contribution in [0.2, 0.25) is 10.0 Å². The molecule has 98 valence electrons. The number of halogens is 2. The first-order chi connectivity index (χ1) is 9.06. The van der Waals surface area contributed by atoms with Crippen LogP contribution in [-0.4, -0.2) is 5.91 Å². The van der Waals surface area contributed by atoms with E-state index in [1.165, 1.54) is 0 Å². The lowest BCUT2D eigenvalue weighted by Gasteiger charge is -2.08. The summed E-state index contributed by atoms with van der Waals surface area (Å²) in [5, 5.41) is 1.11. The lowest BCUT2D eigenvalue weighted by atomic mass is 10.2. The lowest BCUT2D eigenvalue weighted by molar-refractivity contribution is 0.1000. The third kappa shape index (κ3) is 3.63. The molecule has 2 aromatic rings. The fraction of sp³-hybridized carbons (Fsp3) is 0.0714. The van der Waals surface area contributed by atoms with Crippen molar-refractivity contribution in [2.24, 2.45) is 5.73 Å². The van der Waals surface area contributed by atoms with Gasteiger partial charge < -0.3 is 10.5 Å². The Morgan fingerprint density at radius 3 is 2.63 bits per heavy atom. The van der Waals surface area contributed by atoms with E-state index in [0.29, 0.717) is 21.4 Å². The Morgan fingerprint density at radius 1 is 1.16 bits per heavy atom. The number of primary amides is 1. The second-order valence-corrected chi connectivity index (χ2v) is 4.76. The van der Waals surface area contributed by atoms with Crippen LogP contribution in [0.15, 0.2) is 42.5 Å². The molecule has 0 saturated carbocycles. The molecule has 0 saturated heterocycles. The number of benzene rings is 2. The van der Waals surface area contributed by atoms with E-state index < -0.39 is 5.91 Å². The molecular weight excluding hydrogens is 285 g/mol. The van der Waals surface area contributed by atoms with Crippen molar-refractivity contribution in [3.8, 4) is 5.75 Å². The molecule has 0 fully saturated rings. The van der Waals surface area contributed by atoms with Crippen molar-refractivity contribution in [2.75, 3.05) is 0 Å². The summed E-state index contributed by atoms with van der Waals surface area (Å²) >= 11 is 11.9. The number of ether oxygens (including phenoxy) is 1. The van der Waals surface area contributed by atoms with Crippen LogP contribution in [-0.2, 0) is 6.61 Å². The molecule has 0 aliphatic heterocycles. The molecule has 5 heteroatoms. The Labute approximate surface area is 120 Å².